The van der Waals surface area contributed by atoms with Crippen LogP contribution in [0.15, 0.2) is 0 Å². The van der Waals surface area contributed by atoms with Crippen LogP contribution in [0, 0.1) is 0 Å². The van der Waals surface area contributed by atoms with Crippen molar-refractivity contribution in [2.45, 2.75) is 31.3 Å². The van der Waals surface area contributed by atoms with Crippen molar-refractivity contribution >= 4 is 7.60 Å². The molecule has 18 heavy (non-hydrogen) atoms. The van der Waals surface area contributed by atoms with Crippen LogP contribution < -0.4 is 0 Å². The lowest BCUT2D eigenvalue weighted by atomic mass is 10.2. The van der Waals surface area contributed by atoms with E-state index in [1.54, 1.807) is 0 Å². The number of halogens is 8. The summed E-state index contributed by atoms with van der Waals surface area (Å²) in [6.45, 7) is 0.792. The topological polar surface area (TPSA) is 46.5 Å². The first-order valence-electron chi connectivity index (χ1n) is 4.16. The lowest BCUT2D eigenvalue weighted by Crippen LogP contribution is -2.54. The third kappa shape index (κ3) is 4.06. The molecule has 0 radical (unpaired) electrons. The van der Waals surface area contributed by atoms with Crippen LogP contribution in [0.3, 0.4) is 0 Å². The number of alkyl halides is 8. The van der Waals surface area contributed by atoms with E-state index in [2.05, 4.69) is 4.52 Å². The van der Waals surface area contributed by atoms with Gasteiger partial charge in [0.15, 0.2) is 0 Å². The van der Waals surface area contributed by atoms with Crippen molar-refractivity contribution in [1.29, 1.82) is 0 Å². The summed E-state index contributed by atoms with van der Waals surface area (Å²) in [7, 11) is -5.19. The minimum Gasteiger partial charge on any atom is -0.324 e. The molecule has 1 N–H and O–H groups in total. The summed E-state index contributed by atoms with van der Waals surface area (Å²) in [6.07, 6.45) is -18.5. The van der Waals surface area contributed by atoms with Crippen LogP contribution in [0.1, 0.15) is 6.92 Å². The van der Waals surface area contributed by atoms with E-state index in [1.807, 2.05) is 0 Å². The quantitative estimate of drug-likeness (QED) is 0.640. The Balaban J connectivity index is 5.48. The van der Waals surface area contributed by atoms with Gasteiger partial charge in [0.05, 0.1) is 0 Å². The van der Waals surface area contributed by atoms with Crippen LogP contribution >= 0.6 is 7.60 Å². The standard InChI is InChI=1S/C6H7F8O3P/c1-2-18(15,16)17-3(5(9,10)11)4(7,8)6(12,13)14/h3H,2H2,1H3,(H,15,16). The fourth-order valence-electron chi connectivity index (χ4n) is 0.719. The molecule has 2 unspecified atom stereocenters. The molecule has 3 nitrogen and oxygen atoms in total. The second-order valence-corrected chi connectivity index (χ2v) is 5.22. The lowest BCUT2D eigenvalue weighted by molar-refractivity contribution is -0.354. The maximum atomic E-state index is 12.6. The van der Waals surface area contributed by atoms with Crippen LogP contribution in [0.2, 0.25) is 0 Å². The van der Waals surface area contributed by atoms with Gasteiger partial charge in [-0.2, -0.15) is 35.1 Å². The van der Waals surface area contributed by atoms with Crippen LogP contribution in [0.25, 0.3) is 0 Å². The van der Waals surface area contributed by atoms with Crippen LogP contribution in [0.4, 0.5) is 35.1 Å². The van der Waals surface area contributed by atoms with E-state index in [1.165, 1.54) is 0 Å². The van der Waals surface area contributed by atoms with Crippen molar-refractivity contribution < 1.29 is 49.1 Å². The molecule has 0 fully saturated rings. The first-order valence-corrected chi connectivity index (χ1v) is 5.93. The molecule has 0 aliphatic carbocycles. The van der Waals surface area contributed by atoms with Gasteiger partial charge in [0, 0.05) is 6.16 Å². The van der Waals surface area contributed by atoms with E-state index in [9.17, 15) is 39.7 Å². The van der Waals surface area contributed by atoms with E-state index < -0.39 is 38.1 Å². The van der Waals surface area contributed by atoms with E-state index in [-0.39, 0.29) is 0 Å². The van der Waals surface area contributed by atoms with Gasteiger partial charge in [0.25, 0.3) is 0 Å². The van der Waals surface area contributed by atoms with Gasteiger partial charge in [-0.1, -0.05) is 6.92 Å². The zero-order chi connectivity index (χ0) is 15.0. The molecule has 0 heterocycles. The van der Waals surface area contributed by atoms with E-state index in [4.69, 9.17) is 4.89 Å². The molecule has 2 atom stereocenters. The first-order chi connectivity index (χ1) is 7.65. The SMILES string of the molecule is CCP(=O)(O)OC(C(F)(F)F)C(F)(F)C(F)(F)F. The molecule has 0 saturated heterocycles. The third-order valence-corrected chi connectivity index (χ3v) is 3.01. The minimum absolute atomic E-state index is 0.792. The smallest absolute Gasteiger partial charge is 0.324 e. The van der Waals surface area contributed by atoms with Gasteiger partial charge in [-0.05, 0) is 0 Å². The number of hydrogen-bond acceptors (Lipinski definition) is 2. The van der Waals surface area contributed by atoms with Gasteiger partial charge < -0.3 is 4.89 Å². The third-order valence-electron chi connectivity index (χ3n) is 1.67. The Bertz CT molecular complexity index is 335. The van der Waals surface area contributed by atoms with Crippen LogP contribution in [-0.4, -0.2) is 35.4 Å². The van der Waals surface area contributed by atoms with E-state index in [0.29, 0.717) is 0 Å². The molecule has 0 aliphatic rings. The molecule has 0 spiro atoms. The minimum atomic E-state index is -6.57. The molecule has 0 aliphatic heterocycles. The Labute approximate surface area is 95.3 Å². The van der Waals surface area contributed by atoms with E-state index >= 15 is 0 Å². The van der Waals surface area contributed by atoms with Gasteiger partial charge in [-0.3, -0.25) is 9.09 Å². The highest BCUT2D eigenvalue weighted by atomic mass is 31.2. The Kier molecular flexibility index (Phi) is 4.82. The second-order valence-electron chi connectivity index (χ2n) is 3.10. The van der Waals surface area contributed by atoms with Crippen molar-refractivity contribution in [2.75, 3.05) is 6.16 Å². The van der Waals surface area contributed by atoms with Gasteiger partial charge in [0.1, 0.15) is 0 Å². The van der Waals surface area contributed by atoms with E-state index in [0.717, 1.165) is 6.92 Å². The summed E-state index contributed by atoms with van der Waals surface area (Å²) in [5, 5.41) is 0. The molecule has 0 amide bonds. The van der Waals surface area contributed by atoms with Gasteiger partial charge in [-0.25, -0.2) is 0 Å². The van der Waals surface area contributed by atoms with Gasteiger partial charge in [-0.15, -0.1) is 0 Å². The van der Waals surface area contributed by atoms with Crippen molar-refractivity contribution in [2.24, 2.45) is 0 Å². The van der Waals surface area contributed by atoms with Crippen LogP contribution in [0.5, 0.6) is 0 Å². The Morgan fingerprint density at radius 2 is 1.50 bits per heavy atom. The first kappa shape index (κ1) is 17.6. The molecular weight excluding hydrogens is 303 g/mol. The molecule has 0 aromatic rings. The number of hydrogen-bond donors (Lipinski definition) is 1. The molecule has 0 saturated carbocycles. The highest BCUT2D eigenvalue weighted by Gasteiger charge is 2.71. The predicted octanol–water partition coefficient (Wildman–Crippen LogP) is 3.34. The zero-order valence-electron chi connectivity index (χ0n) is 8.52. The average molecular weight is 310 g/mol. The van der Waals surface area contributed by atoms with Crippen LogP contribution in [-0.2, 0) is 9.09 Å². The lowest BCUT2D eigenvalue weighted by Gasteiger charge is -2.30. The van der Waals surface area contributed by atoms with Crippen molar-refractivity contribution in [1.82, 2.24) is 0 Å². The van der Waals surface area contributed by atoms with Crippen molar-refractivity contribution in [3.05, 3.63) is 0 Å². The van der Waals surface area contributed by atoms with Gasteiger partial charge >= 0.3 is 25.9 Å². The fraction of sp³-hybridized carbons (Fsp3) is 1.00. The summed E-state index contributed by atoms with van der Waals surface area (Å²) in [5.74, 6) is -6.33. The Morgan fingerprint density at radius 1 is 1.11 bits per heavy atom. The highest BCUT2D eigenvalue weighted by Crippen LogP contribution is 2.52. The summed E-state index contributed by atoms with van der Waals surface area (Å²) in [4.78, 5) is 8.62. The van der Waals surface area contributed by atoms with Gasteiger partial charge in [0.2, 0.25) is 6.10 Å². The number of rotatable bonds is 4. The molecule has 0 rings (SSSR count). The maximum Gasteiger partial charge on any atom is 0.456 e. The average Bonchev–Trinajstić information content (AvgIpc) is 2.10. The zero-order valence-corrected chi connectivity index (χ0v) is 9.41. The highest BCUT2D eigenvalue weighted by molar-refractivity contribution is 7.52. The maximum absolute atomic E-state index is 12.6. The molecule has 0 aromatic carbocycles. The van der Waals surface area contributed by atoms with Crippen molar-refractivity contribution in [3.8, 4) is 0 Å². The Morgan fingerprint density at radius 3 is 1.72 bits per heavy atom. The fourth-order valence-corrected chi connectivity index (χ4v) is 1.45. The Hall–Kier alpha value is -0.410. The molecular formula is C6H7F8O3P. The largest absolute Gasteiger partial charge is 0.456 e. The summed E-state index contributed by atoms with van der Waals surface area (Å²) in [6, 6.07) is 0. The molecule has 110 valence electrons. The second kappa shape index (κ2) is 4.93. The molecule has 12 heteroatoms. The van der Waals surface area contributed by atoms with Crippen molar-refractivity contribution in [3.63, 3.8) is 0 Å². The summed E-state index contributed by atoms with van der Waals surface area (Å²) in [5.41, 5.74) is 0. The normalized spacial score (nSPS) is 19.4. The molecule has 0 bridgehead atoms. The predicted molar refractivity (Wildman–Crippen MR) is 42.3 cm³/mol. The molecule has 0 aromatic heterocycles. The monoisotopic (exact) mass is 310 g/mol. The summed E-state index contributed by atoms with van der Waals surface area (Å²) >= 11 is 0. The summed E-state index contributed by atoms with van der Waals surface area (Å²) < 4.78 is 111.